The molecule has 0 atom stereocenters. The molecule has 0 fully saturated rings. The second-order valence-electron chi connectivity index (χ2n) is 7.24. The lowest BCUT2D eigenvalue weighted by molar-refractivity contribution is -0.154. The first-order chi connectivity index (χ1) is 16.7. The summed E-state index contributed by atoms with van der Waals surface area (Å²) < 4.78 is 67.7. The predicted octanol–water partition coefficient (Wildman–Crippen LogP) is 6.31. The Hall–Kier alpha value is -3.99. The van der Waals surface area contributed by atoms with Gasteiger partial charge in [-0.1, -0.05) is 12.1 Å². The van der Waals surface area contributed by atoms with Gasteiger partial charge >= 0.3 is 12.1 Å². The van der Waals surface area contributed by atoms with Gasteiger partial charge in [0, 0.05) is 6.07 Å². The van der Waals surface area contributed by atoms with Gasteiger partial charge in [0.1, 0.15) is 17.1 Å². The highest BCUT2D eigenvalue weighted by atomic mass is 79.9. The van der Waals surface area contributed by atoms with Gasteiger partial charge in [0.05, 0.1) is 15.4 Å². The molecule has 35 heavy (non-hydrogen) atoms. The number of rotatable bonds is 4. The van der Waals surface area contributed by atoms with E-state index in [4.69, 9.17) is 23.4 Å². The van der Waals surface area contributed by atoms with Crippen molar-refractivity contribution in [1.82, 2.24) is 0 Å². The van der Waals surface area contributed by atoms with Gasteiger partial charge in [0.2, 0.25) is 18.0 Å². The van der Waals surface area contributed by atoms with Gasteiger partial charge in [0.25, 0.3) is 5.76 Å². The van der Waals surface area contributed by atoms with Gasteiger partial charge in [-0.05, 0) is 58.4 Å². The summed E-state index contributed by atoms with van der Waals surface area (Å²) in [5.74, 6) is -2.73. The lowest BCUT2D eigenvalue weighted by atomic mass is 10.2. The van der Waals surface area contributed by atoms with Gasteiger partial charge in [-0.25, -0.2) is 4.79 Å². The van der Waals surface area contributed by atoms with Crippen LogP contribution in [-0.4, -0.2) is 12.8 Å². The molecule has 0 saturated heterocycles. The number of halogens is 4. The summed E-state index contributed by atoms with van der Waals surface area (Å²) >= 11 is 3.17. The number of fused-ring (bicyclic) bond motifs is 2. The van der Waals surface area contributed by atoms with E-state index in [0.29, 0.717) is 16.0 Å². The van der Waals surface area contributed by atoms with E-state index in [9.17, 15) is 22.8 Å². The molecule has 1 aromatic heterocycles. The lowest BCUT2D eigenvalue weighted by Gasteiger charge is -2.14. The average molecular weight is 549 g/mol. The number of hydrogen-bond donors (Lipinski definition) is 0. The minimum Gasteiger partial charge on any atom is -0.454 e. The zero-order valence-corrected chi connectivity index (χ0v) is 18.9. The van der Waals surface area contributed by atoms with Crippen molar-refractivity contribution in [2.75, 3.05) is 6.79 Å². The molecule has 3 aromatic carbocycles. The van der Waals surface area contributed by atoms with Gasteiger partial charge < -0.3 is 23.4 Å². The monoisotopic (exact) mass is 548 g/mol. The van der Waals surface area contributed by atoms with Crippen molar-refractivity contribution in [1.29, 1.82) is 0 Å². The number of ether oxygens (including phenoxy) is 4. The summed E-state index contributed by atoms with van der Waals surface area (Å²) in [5, 5.41) is -0.192. The molecule has 0 N–H and O–H groups in total. The van der Waals surface area contributed by atoms with Crippen LogP contribution in [0.25, 0.3) is 11.0 Å². The molecule has 0 amide bonds. The van der Waals surface area contributed by atoms with Crippen LogP contribution in [-0.2, 0) is 6.18 Å². The Morgan fingerprint density at radius 2 is 1.74 bits per heavy atom. The van der Waals surface area contributed by atoms with E-state index < -0.39 is 34.7 Å². The molecule has 0 bridgehead atoms. The van der Waals surface area contributed by atoms with Crippen molar-refractivity contribution in [2.45, 2.75) is 6.18 Å². The number of hydrogen-bond acceptors (Lipinski definition) is 7. The zero-order chi connectivity index (χ0) is 24.7. The molecular formula is C24H12BrF3O7. The smallest absolute Gasteiger partial charge is 0.453 e. The van der Waals surface area contributed by atoms with E-state index >= 15 is 0 Å². The molecule has 0 radical (unpaired) electrons. The second kappa shape index (κ2) is 8.66. The standard InChI is InChI=1S/C24H12BrF3O7/c25-15-3-1-2-4-16(15)34-21-20(29)14-7-6-13(10-18(14)35-22(21)24(26,27)28)33-23(30)12-5-8-17-19(9-12)32-11-31-17/h1-10H,11H2. The maximum absolute atomic E-state index is 13.8. The van der Waals surface area contributed by atoms with Crippen molar-refractivity contribution < 1.29 is 41.3 Å². The molecule has 1 aliphatic rings. The Balaban J connectivity index is 1.52. The number of benzene rings is 3. The van der Waals surface area contributed by atoms with Crippen LogP contribution < -0.4 is 24.4 Å². The van der Waals surface area contributed by atoms with Gasteiger partial charge in [-0.3, -0.25) is 4.79 Å². The fraction of sp³-hybridized carbons (Fsp3) is 0.0833. The van der Waals surface area contributed by atoms with E-state index in [1.54, 1.807) is 12.1 Å². The molecule has 178 valence electrons. The Labute approximate surface area is 202 Å². The zero-order valence-electron chi connectivity index (χ0n) is 17.4. The first-order valence-electron chi connectivity index (χ1n) is 9.93. The van der Waals surface area contributed by atoms with E-state index in [0.717, 1.165) is 6.07 Å². The molecule has 0 aliphatic carbocycles. The third-order valence-electron chi connectivity index (χ3n) is 4.95. The van der Waals surface area contributed by atoms with Crippen LogP contribution in [0.3, 0.4) is 0 Å². The summed E-state index contributed by atoms with van der Waals surface area (Å²) in [5.41, 5.74) is -1.34. The van der Waals surface area contributed by atoms with Crippen LogP contribution in [0.4, 0.5) is 13.2 Å². The molecule has 0 unspecified atom stereocenters. The second-order valence-corrected chi connectivity index (χ2v) is 8.09. The van der Waals surface area contributed by atoms with Crippen LogP contribution in [0.1, 0.15) is 16.1 Å². The Bertz CT molecular complexity index is 1530. The van der Waals surface area contributed by atoms with Gasteiger partial charge in [0.15, 0.2) is 11.5 Å². The molecule has 11 heteroatoms. The van der Waals surface area contributed by atoms with Crippen molar-refractivity contribution in [3.8, 4) is 28.7 Å². The number of carbonyl (C=O) groups excluding carboxylic acids is 1. The van der Waals surface area contributed by atoms with E-state index in [1.165, 1.54) is 42.5 Å². The lowest BCUT2D eigenvalue weighted by Crippen LogP contribution is -2.16. The van der Waals surface area contributed by atoms with Crippen LogP contribution in [0.15, 0.2) is 74.3 Å². The maximum atomic E-state index is 13.8. The quantitative estimate of drug-likeness (QED) is 0.218. The van der Waals surface area contributed by atoms with Crippen molar-refractivity contribution in [3.05, 3.63) is 86.7 Å². The highest BCUT2D eigenvalue weighted by Crippen LogP contribution is 2.40. The Morgan fingerprint density at radius 3 is 2.51 bits per heavy atom. The summed E-state index contributed by atoms with van der Waals surface area (Å²) in [7, 11) is 0. The SMILES string of the molecule is O=C(Oc1ccc2c(=O)c(Oc3ccccc3Br)c(C(F)(F)F)oc2c1)c1ccc2c(c1)OCO2. The van der Waals surface area contributed by atoms with Crippen LogP contribution in [0, 0.1) is 0 Å². The minimum atomic E-state index is -5.04. The summed E-state index contributed by atoms with van der Waals surface area (Å²) in [6.07, 6.45) is -5.04. The molecule has 4 aromatic rings. The van der Waals surface area contributed by atoms with Crippen LogP contribution in [0.2, 0.25) is 0 Å². The molecule has 5 rings (SSSR count). The summed E-state index contributed by atoms with van der Waals surface area (Å²) in [4.78, 5) is 25.5. The van der Waals surface area contributed by atoms with Crippen LogP contribution in [0.5, 0.6) is 28.7 Å². The van der Waals surface area contributed by atoms with E-state index in [2.05, 4.69) is 15.9 Å². The third kappa shape index (κ3) is 4.42. The van der Waals surface area contributed by atoms with Gasteiger partial charge in [-0.15, -0.1) is 0 Å². The largest absolute Gasteiger partial charge is 0.454 e. The van der Waals surface area contributed by atoms with E-state index in [-0.39, 0.29) is 29.2 Å². The van der Waals surface area contributed by atoms with Crippen LogP contribution >= 0.6 is 15.9 Å². The first kappa shape index (κ1) is 22.8. The molecule has 2 heterocycles. The third-order valence-corrected chi connectivity index (χ3v) is 5.60. The van der Waals surface area contributed by atoms with Crippen molar-refractivity contribution in [3.63, 3.8) is 0 Å². The number of esters is 1. The summed E-state index contributed by atoms with van der Waals surface area (Å²) in [6, 6.07) is 14.0. The first-order valence-corrected chi connectivity index (χ1v) is 10.7. The van der Waals surface area contributed by atoms with E-state index in [1.807, 2.05) is 0 Å². The topological polar surface area (TPSA) is 84.2 Å². The number of carbonyl (C=O) groups is 1. The number of para-hydroxylation sites is 1. The molecule has 0 spiro atoms. The summed E-state index contributed by atoms with van der Waals surface area (Å²) in [6.45, 7) is 0.0198. The van der Waals surface area contributed by atoms with Crippen molar-refractivity contribution >= 4 is 32.9 Å². The number of alkyl halides is 3. The normalized spacial score (nSPS) is 12.6. The fourth-order valence-corrected chi connectivity index (χ4v) is 3.69. The Morgan fingerprint density at radius 1 is 0.971 bits per heavy atom. The van der Waals surface area contributed by atoms with Crippen molar-refractivity contribution in [2.24, 2.45) is 0 Å². The molecular weight excluding hydrogens is 537 g/mol. The fourth-order valence-electron chi connectivity index (χ4n) is 3.33. The minimum absolute atomic E-state index is 0.000994. The average Bonchev–Trinajstić information content (AvgIpc) is 3.29. The predicted molar refractivity (Wildman–Crippen MR) is 119 cm³/mol. The molecule has 0 saturated carbocycles. The highest BCUT2D eigenvalue weighted by molar-refractivity contribution is 9.10. The molecule has 7 nitrogen and oxygen atoms in total. The molecule has 1 aliphatic heterocycles. The maximum Gasteiger partial charge on any atom is 0.453 e. The van der Waals surface area contributed by atoms with Gasteiger partial charge in [-0.2, -0.15) is 13.2 Å². The Kier molecular flexibility index (Phi) is 5.64. The highest BCUT2D eigenvalue weighted by Gasteiger charge is 2.40.